The molecule has 1 aromatic rings. The van der Waals surface area contributed by atoms with Crippen molar-refractivity contribution in [2.75, 3.05) is 19.6 Å². The molecule has 16 heavy (non-hydrogen) atoms. The van der Waals surface area contributed by atoms with Gasteiger partial charge in [0.1, 0.15) is 5.76 Å². The molecule has 1 aromatic heterocycles. The molecule has 0 amide bonds. The molecule has 1 saturated heterocycles. The van der Waals surface area contributed by atoms with Gasteiger partial charge in [-0.1, -0.05) is 0 Å². The molecule has 1 N–H and O–H groups in total. The Kier molecular flexibility index (Phi) is 3.97. The van der Waals surface area contributed by atoms with Gasteiger partial charge in [-0.05, 0) is 25.0 Å². The quantitative estimate of drug-likeness (QED) is 0.777. The Bertz CT molecular complexity index is 334. The Hall–Kier alpha value is -1.31. The molecular weight excluding hydrogens is 202 g/mol. The second-order valence-electron chi connectivity index (χ2n) is 4.17. The molecule has 0 unspecified atom stereocenters. The summed E-state index contributed by atoms with van der Waals surface area (Å²) in [6.07, 6.45) is 3.93. The van der Waals surface area contributed by atoms with Crippen molar-refractivity contribution in [3.05, 3.63) is 24.2 Å². The lowest BCUT2D eigenvalue weighted by Gasteiger charge is -2.30. The van der Waals surface area contributed by atoms with Crippen molar-refractivity contribution in [3.8, 4) is 6.07 Å². The molecule has 4 heteroatoms. The maximum atomic E-state index is 8.59. The molecule has 86 valence electrons. The Balaban J connectivity index is 1.68. The van der Waals surface area contributed by atoms with Gasteiger partial charge >= 0.3 is 0 Å². The van der Waals surface area contributed by atoms with Crippen molar-refractivity contribution in [1.29, 1.82) is 5.26 Å². The summed E-state index contributed by atoms with van der Waals surface area (Å²) in [7, 11) is 0. The van der Waals surface area contributed by atoms with Crippen LogP contribution in [0.4, 0.5) is 0 Å². The first-order valence-corrected chi connectivity index (χ1v) is 5.73. The molecule has 1 fully saturated rings. The molecule has 0 aromatic carbocycles. The molecule has 0 bridgehead atoms. The average Bonchev–Trinajstić information content (AvgIpc) is 2.82. The monoisotopic (exact) mass is 219 g/mol. The van der Waals surface area contributed by atoms with Crippen molar-refractivity contribution < 1.29 is 4.42 Å². The van der Waals surface area contributed by atoms with E-state index in [0.29, 0.717) is 12.6 Å². The number of hydrogen-bond acceptors (Lipinski definition) is 4. The zero-order valence-corrected chi connectivity index (χ0v) is 9.35. The van der Waals surface area contributed by atoms with Gasteiger partial charge in [0.05, 0.1) is 25.4 Å². The van der Waals surface area contributed by atoms with Gasteiger partial charge in [0.2, 0.25) is 0 Å². The molecule has 0 aliphatic carbocycles. The lowest BCUT2D eigenvalue weighted by molar-refractivity contribution is 0.214. The standard InChI is InChI=1S/C12H17N3O/c13-5-8-15-6-3-11(4-7-15)14-10-12-2-1-9-16-12/h1-2,9,11,14H,3-4,6-8,10H2. The van der Waals surface area contributed by atoms with E-state index in [9.17, 15) is 0 Å². The Labute approximate surface area is 95.8 Å². The van der Waals surface area contributed by atoms with Crippen molar-refractivity contribution in [1.82, 2.24) is 10.2 Å². The lowest BCUT2D eigenvalue weighted by atomic mass is 10.1. The van der Waals surface area contributed by atoms with Crippen LogP contribution in [0.3, 0.4) is 0 Å². The zero-order valence-electron chi connectivity index (χ0n) is 9.35. The highest BCUT2D eigenvalue weighted by Gasteiger charge is 2.18. The van der Waals surface area contributed by atoms with E-state index in [-0.39, 0.29) is 0 Å². The summed E-state index contributed by atoms with van der Waals surface area (Å²) >= 11 is 0. The highest BCUT2D eigenvalue weighted by molar-refractivity contribution is 4.98. The Morgan fingerprint density at radius 3 is 2.94 bits per heavy atom. The Morgan fingerprint density at radius 2 is 2.31 bits per heavy atom. The molecule has 0 spiro atoms. The second-order valence-corrected chi connectivity index (χ2v) is 4.17. The summed E-state index contributed by atoms with van der Waals surface area (Å²) in [6, 6.07) is 6.65. The van der Waals surface area contributed by atoms with Crippen LogP contribution >= 0.6 is 0 Å². The van der Waals surface area contributed by atoms with Crippen LogP contribution in [0.2, 0.25) is 0 Å². The number of rotatable bonds is 4. The second kappa shape index (κ2) is 5.69. The van der Waals surface area contributed by atoms with Gasteiger partial charge in [-0.3, -0.25) is 4.90 Å². The van der Waals surface area contributed by atoms with Crippen LogP contribution in [-0.2, 0) is 6.54 Å². The lowest BCUT2D eigenvalue weighted by Crippen LogP contribution is -2.42. The molecular formula is C12H17N3O. The fourth-order valence-electron chi connectivity index (χ4n) is 2.05. The van der Waals surface area contributed by atoms with Gasteiger partial charge in [0, 0.05) is 19.1 Å². The summed E-state index contributed by atoms with van der Waals surface area (Å²) in [5, 5.41) is 12.1. The van der Waals surface area contributed by atoms with Crippen molar-refractivity contribution in [3.63, 3.8) is 0 Å². The molecule has 0 saturated carbocycles. The third-order valence-electron chi connectivity index (χ3n) is 3.03. The number of nitrogens with zero attached hydrogens (tertiary/aromatic N) is 2. The van der Waals surface area contributed by atoms with E-state index in [0.717, 1.165) is 38.2 Å². The predicted molar refractivity (Wildman–Crippen MR) is 60.6 cm³/mol. The van der Waals surface area contributed by atoms with Crippen LogP contribution in [-0.4, -0.2) is 30.6 Å². The van der Waals surface area contributed by atoms with Crippen molar-refractivity contribution in [2.45, 2.75) is 25.4 Å². The summed E-state index contributed by atoms with van der Waals surface area (Å²) in [5.74, 6) is 0.986. The van der Waals surface area contributed by atoms with Gasteiger partial charge in [-0.2, -0.15) is 5.26 Å². The highest BCUT2D eigenvalue weighted by atomic mass is 16.3. The smallest absolute Gasteiger partial charge is 0.117 e. The normalized spacial score (nSPS) is 18.4. The average molecular weight is 219 g/mol. The third-order valence-corrected chi connectivity index (χ3v) is 3.03. The van der Waals surface area contributed by atoms with Gasteiger partial charge in [0.15, 0.2) is 0 Å². The molecule has 1 aliphatic heterocycles. The Morgan fingerprint density at radius 1 is 1.50 bits per heavy atom. The summed E-state index contributed by atoms with van der Waals surface area (Å²) in [4.78, 5) is 2.20. The molecule has 2 heterocycles. The number of piperidine rings is 1. The van der Waals surface area contributed by atoms with Gasteiger partial charge in [-0.15, -0.1) is 0 Å². The third kappa shape index (κ3) is 3.09. The largest absolute Gasteiger partial charge is 0.468 e. The van der Waals surface area contributed by atoms with Crippen LogP contribution in [0.5, 0.6) is 0 Å². The number of nitrogens with one attached hydrogen (secondary N) is 1. The summed E-state index contributed by atoms with van der Waals surface area (Å²) in [6.45, 7) is 3.40. The first-order chi connectivity index (χ1) is 7.88. The topological polar surface area (TPSA) is 52.2 Å². The van der Waals surface area contributed by atoms with Crippen LogP contribution in [0.25, 0.3) is 0 Å². The van der Waals surface area contributed by atoms with E-state index in [1.165, 1.54) is 0 Å². The van der Waals surface area contributed by atoms with E-state index in [1.807, 2.05) is 12.1 Å². The van der Waals surface area contributed by atoms with Crippen molar-refractivity contribution >= 4 is 0 Å². The maximum absolute atomic E-state index is 8.59. The first-order valence-electron chi connectivity index (χ1n) is 5.73. The number of hydrogen-bond donors (Lipinski definition) is 1. The minimum absolute atomic E-state index is 0.556. The first kappa shape index (κ1) is 11.2. The van der Waals surface area contributed by atoms with Gasteiger partial charge < -0.3 is 9.73 Å². The predicted octanol–water partition coefficient (Wildman–Crippen LogP) is 1.36. The molecule has 2 rings (SSSR count). The number of nitriles is 1. The van der Waals surface area contributed by atoms with Gasteiger partial charge in [-0.25, -0.2) is 0 Å². The minimum atomic E-state index is 0.556. The van der Waals surface area contributed by atoms with E-state index in [2.05, 4.69) is 16.3 Å². The van der Waals surface area contributed by atoms with Crippen LogP contribution in [0, 0.1) is 11.3 Å². The maximum Gasteiger partial charge on any atom is 0.117 e. The highest BCUT2D eigenvalue weighted by Crippen LogP contribution is 2.10. The zero-order chi connectivity index (χ0) is 11.2. The number of furan rings is 1. The van der Waals surface area contributed by atoms with Crippen LogP contribution < -0.4 is 5.32 Å². The fourth-order valence-corrected chi connectivity index (χ4v) is 2.05. The fraction of sp³-hybridized carbons (Fsp3) is 0.583. The molecule has 4 nitrogen and oxygen atoms in total. The van der Waals surface area contributed by atoms with E-state index < -0.39 is 0 Å². The van der Waals surface area contributed by atoms with Crippen molar-refractivity contribution in [2.24, 2.45) is 0 Å². The molecule has 0 atom stereocenters. The summed E-state index contributed by atoms with van der Waals surface area (Å²) in [5.41, 5.74) is 0. The van der Waals surface area contributed by atoms with E-state index in [1.54, 1.807) is 6.26 Å². The summed E-state index contributed by atoms with van der Waals surface area (Å²) < 4.78 is 5.27. The van der Waals surface area contributed by atoms with Crippen LogP contribution in [0.1, 0.15) is 18.6 Å². The number of likely N-dealkylation sites (tertiary alicyclic amines) is 1. The van der Waals surface area contributed by atoms with E-state index in [4.69, 9.17) is 9.68 Å². The SMILES string of the molecule is N#CCN1CCC(NCc2ccco2)CC1. The van der Waals surface area contributed by atoms with Gasteiger partial charge in [0.25, 0.3) is 0 Å². The molecule has 1 aliphatic rings. The van der Waals surface area contributed by atoms with E-state index >= 15 is 0 Å². The minimum Gasteiger partial charge on any atom is -0.468 e. The van der Waals surface area contributed by atoms with Crippen LogP contribution in [0.15, 0.2) is 22.8 Å². The molecule has 0 radical (unpaired) electrons.